The smallest absolute Gasteiger partial charge is 0.151 e. The SMILES string of the molecule is CCNC1CCCCC1CN(C)C1CCS(=O)(=O)C1. The van der Waals surface area contributed by atoms with Crippen LogP contribution >= 0.6 is 0 Å². The first-order valence-corrected chi connectivity index (χ1v) is 9.48. The molecule has 19 heavy (non-hydrogen) atoms. The molecule has 112 valence electrons. The van der Waals surface area contributed by atoms with E-state index in [0.717, 1.165) is 19.5 Å². The van der Waals surface area contributed by atoms with Crippen molar-refractivity contribution in [1.29, 1.82) is 0 Å². The third-order valence-electron chi connectivity index (χ3n) is 4.73. The average Bonchev–Trinajstić information content (AvgIpc) is 2.73. The molecule has 0 aromatic carbocycles. The first kappa shape index (κ1) is 15.3. The molecular formula is C14H28N2O2S. The van der Waals surface area contributed by atoms with Crippen molar-refractivity contribution in [3.63, 3.8) is 0 Å². The minimum Gasteiger partial charge on any atom is -0.314 e. The Morgan fingerprint density at radius 2 is 1.95 bits per heavy atom. The molecule has 0 spiro atoms. The highest BCUT2D eigenvalue weighted by atomic mass is 32.2. The van der Waals surface area contributed by atoms with Crippen LogP contribution in [0.1, 0.15) is 39.0 Å². The first-order valence-electron chi connectivity index (χ1n) is 7.66. The van der Waals surface area contributed by atoms with Crippen molar-refractivity contribution in [2.45, 2.75) is 51.1 Å². The van der Waals surface area contributed by atoms with Gasteiger partial charge in [-0.2, -0.15) is 0 Å². The molecule has 0 bridgehead atoms. The van der Waals surface area contributed by atoms with Crippen molar-refractivity contribution < 1.29 is 8.42 Å². The number of hydrogen-bond acceptors (Lipinski definition) is 4. The number of sulfone groups is 1. The van der Waals surface area contributed by atoms with E-state index in [1.165, 1.54) is 25.7 Å². The number of hydrogen-bond donors (Lipinski definition) is 1. The van der Waals surface area contributed by atoms with Gasteiger partial charge in [0.05, 0.1) is 11.5 Å². The Labute approximate surface area is 117 Å². The summed E-state index contributed by atoms with van der Waals surface area (Å²) in [4.78, 5) is 2.30. The molecule has 0 aromatic heterocycles. The van der Waals surface area contributed by atoms with Crippen molar-refractivity contribution in [2.75, 3.05) is 31.6 Å². The minimum atomic E-state index is -2.76. The lowest BCUT2D eigenvalue weighted by atomic mass is 9.84. The van der Waals surface area contributed by atoms with Gasteiger partial charge in [0.15, 0.2) is 9.84 Å². The maximum Gasteiger partial charge on any atom is 0.151 e. The fourth-order valence-corrected chi connectivity index (χ4v) is 5.40. The molecule has 1 heterocycles. The Bertz CT molecular complexity index is 381. The molecule has 0 amide bonds. The van der Waals surface area contributed by atoms with E-state index < -0.39 is 9.84 Å². The Balaban J connectivity index is 1.88. The lowest BCUT2D eigenvalue weighted by Crippen LogP contribution is -2.45. The van der Waals surface area contributed by atoms with Crippen molar-refractivity contribution in [3.8, 4) is 0 Å². The van der Waals surface area contributed by atoms with Crippen molar-refractivity contribution in [1.82, 2.24) is 10.2 Å². The summed E-state index contributed by atoms with van der Waals surface area (Å²) in [6, 6.07) is 0.869. The average molecular weight is 288 g/mol. The molecule has 0 radical (unpaired) electrons. The predicted molar refractivity (Wildman–Crippen MR) is 79.1 cm³/mol. The van der Waals surface area contributed by atoms with Gasteiger partial charge in [0.25, 0.3) is 0 Å². The zero-order valence-corrected chi connectivity index (χ0v) is 13.1. The highest BCUT2D eigenvalue weighted by molar-refractivity contribution is 7.91. The van der Waals surface area contributed by atoms with Gasteiger partial charge in [0.2, 0.25) is 0 Å². The molecule has 4 nitrogen and oxygen atoms in total. The number of nitrogens with zero attached hydrogens (tertiary/aromatic N) is 1. The van der Waals surface area contributed by atoms with Gasteiger partial charge in [-0.3, -0.25) is 0 Å². The van der Waals surface area contributed by atoms with Crippen LogP contribution in [0.5, 0.6) is 0 Å². The normalized spacial score (nSPS) is 34.8. The topological polar surface area (TPSA) is 49.4 Å². The highest BCUT2D eigenvalue weighted by Gasteiger charge is 2.33. The monoisotopic (exact) mass is 288 g/mol. The van der Waals surface area contributed by atoms with Crippen molar-refractivity contribution in [3.05, 3.63) is 0 Å². The molecule has 1 aliphatic carbocycles. The lowest BCUT2D eigenvalue weighted by molar-refractivity contribution is 0.163. The Morgan fingerprint density at radius 3 is 2.58 bits per heavy atom. The second-order valence-corrected chi connectivity index (χ2v) is 8.43. The van der Waals surface area contributed by atoms with Crippen LogP contribution in [0.25, 0.3) is 0 Å². The largest absolute Gasteiger partial charge is 0.314 e. The van der Waals surface area contributed by atoms with E-state index in [1.54, 1.807) is 0 Å². The van der Waals surface area contributed by atoms with Gasteiger partial charge in [-0.25, -0.2) is 8.42 Å². The van der Waals surface area contributed by atoms with E-state index in [1.807, 2.05) is 0 Å². The molecule has 3 unspecified atom stereocenters. The Hall–Kier alpha value is -0.130. The molecule has 2 rings (SSSR count). The van der Waals surface area contributed by atoms with Gasteiger partial charge in [-0.1, -0.05) is 19.8 Å². The lowest BCUT2D eigenvalue weighted by Gasteiger charge is -2.36. The Kier molecular flexibility index (Phi) is 5.26. The molecule has 2 aliphatic rings. The van der Waals surface area contributed by atoms with Gasteiger partial charge in [0.1, 0.15) is 0 Å². The molecule has 1 N–H and O–H groups in total. The molecule has 1 saturated carbocycles. The van der Waals surface area contributed by atoms with Crippen LogP contribution in [0.2, 0.25) is 0 Å². The summed E-state index contributed by atoms with van der Waals surface area (Å²) in [6.45, 7) is 4.24. The summed E-state index contributed by atoms with van der Waals surface area (Å²) < 4.78 is 23.1. The van der Waals surface area contributed by atoms with Crippen LogP contribution in [-0.4, -0.2) is 57.0 Å². The third-order valence-corrected chi connectivity index (χ3v) is 6.48. The molecule has 5 heteroatoms. The second kappa shape index (κ2) is 6.55. The molecular weight excluding hydrogens is 260 g/mol. The van der Waals surface area contributed by atoms with Crippen molar-refractivity contribution in [2.24, 2.45) is 5.92 Å². The standard InChI is InChI=1S/C14H28N2O2S/c1-3-15-14-7-5-4-6-12(14)10-16(2)13-8-9-19(17,18)11-13/h12-15H,3-11H2,1-2H3. The van der Waals surface area contributed by atoms with E-state index in [0.29, 0.717) is 23.5 Å². The molecule has 1 aliphatic heterocycles. The maximum absolute atomic E-state index is 11.6. The fraction of sp³-hybridized carbons (Fsp3) is 1.00. The fourth-order valence-electron chi connectivity index (χ4n) is 3.60. The highest BCUT2D eigenvalue weighted by Crippen LogP contribution is 2.27. The van der Waals surface area contributed by atoms with Gasteiger partial charge < -0.3 is 10.2 Å². The molecule has 3 atom stereocenters. The van der Waals surface area contributed by atoms with E-state index in [-0.39, 0.29) is 6.04 Å². The van der Waals surface area contributed by atoms with E-state index in [9.17, 15) is 8.42 Å². The summed E-state index contributed by atoms with van der Waals surface area (Å²) in [6.07, 6.45) is 6.02. The van der Waals surface area contributed by atoms with Crippen LogP contribution in [-0.2, 0) is 9.84 Å². The number of rotatable bonds is 5. The summed E-state index contributed by atoms with van der Waals surface area (Å²) in [5, 5.41) is 3.60. The molecule has 1 saturated heterocycles. The molecule has 2 fully saturated rings. The quantitative estimate of drug-likeness (QED) is 0.828. The first-order chi connectivity index (χ1) is 9.02. The van der Waals surface area contributed by atoms with E-state index in [4.69, 9.17) is 0 Å². The third kappa shape index (κ3) is 4.17. The van der Waals surface area contributed by atoms with Gasteiger partial charge in [0, 0.05) is 18.6 Å². The summed E-state index contributed by atoms with van der Waals surface area (Å²) in [5.74, 6) is 1.42. The summed E-state index contributed by atoms with van der Waals surface area (Å²) in [7, 11) is -0.662. The zero-order chi connectivity index (χ0) is 13.9. The minimum absolute atomic E-state index is 0.245. The number of nitrogens with one attached hydrogen (secondary N) is 1. The predicted octanol–water partition coefficient (Wildman–Crippen LogP) is 1.27. The second-order valence-electron chi connectivity index (χ2n) is 6.21. The Morgan fingerprint density at radius 1 is 1.21 bits per heavy atom. The van der Waals surface area contributed by atoms with Crippen LogP contribution < -0.4 is 5.32 Å². The van der Waals surface area contributed by atoms with Crippen LogP contribution in [0.4, 0.5) is 0 Å². The van der Waals surface area contributed by atoms with Gasteiger partial charge >= 0.3 is 0 Å². The van der Waals surface area contributed by atoms with Crippen LogP contribution in [0.3, 0.4) is 0 Å². The summed E-state index contributed by atoms with van der Waals surface area (Å²) in [5.41, 5.74) is 0. The van der Waals surface area contributed by atoms with Crippen molar-refractivity contribution >= 4 is 9.84 Å². The van der Waals surface area contributed by atoms with Crippen LogP contribution in [0, 0.1) is 5.92 Å². The van der Waals surface area contributed by atoms with E-state index in [2.05, 4.69) is 24.2 Å². The molecule has 0 aromatic rings. The van der Waals surface area contributed by atoms with Gasteiger partial charge in [-0.15, -0.1) is 0 Å². The summed E-state index contributed by atoms with van der Waals surface area (Å²) >= 11 is 0. The maximum atomic E-state index is 11.6. The van der Waals surface area contributed by atoms with E-state index >= 15 is 0 Å². The zero-order valence-electron chi connectivity index (χ0n) is 12.3. The van der Waals surface area contributed by atoms with Gasteiger partial charge in [-0.05, 0) is 38.8 Å². The van der Waals surface area contributed by atoms with Crippen LogP contribution in [0.15, 0.2) is 0 Å².